The first-order chi connectivity index (χ1) is 64.7. The molecule has 0 aromatic heterocycles. The van der Waals surface area contributed by atoms with E-state index in [1.165, 1.54) is 66.8 Å². The number of carboxylic acids is 4. The fourth-order valence-electron chi connectivity index (χ4n) is 19.6. The van der Waals surface area contributed by atoms with Crippen LogP contribution in [0.2, 0.25) is 0 Å². The van der Waals surface area contributed by atoms with Gasteiger partial charge in [-0.2, -0.15) is 0 Å². The van der Waals surface area contributed by atoms with Crippen molar-refractivity contribution in [3.05, 3.63) is 332 Å². The molecular formula is C123H148O16. The second-order valence-corrected chi connectivity index (χ2v) is 41.1. The lowest BCUT2D eigenvalue weighted by atomic mass is 9.81. The predicted molar refractivity (Wildman–Crippen MR) is 563 cm³/mol. The van der Waals surface area contributed by atoms with Crippen molar-refractivity contribution in [2.75, 3.05) is 28.4 Å². The van der Waals surface area contributed by atoms with Crippen molar-refractivity contribution in [1.82, 2.24) is 0 Å². The smallest absolute Gasteiger partial charge is 0.306 e. The first kappa shape index (κ1) is 108. The number of ether oxygens (including phenoxy) is 8. The molecule has 4 N–H and O–H groups in total. The predicted octanol–water partition coefficient (Wildman–Crippen LogP) is 29.9. The molecule has 0 saturated heterocycles. The van der Waals surface area contributed by atoms with E-state index in [4.69, 9.17) is 37.9 Å². The summed E-state index contributed by atoms with van der Waals surface area (Å²) in [5.74, 6) is 2.19. The molecule has 139 heavy (non-hydrogen) atoms. The van der Waals surface area contributed by atoms with Crippen LogP contribution < -0.4 is 37.9 Å². The van der Waals surface area contributed by atoms with E-state index in [1.54, 1.807) is 56.1 Å². The van der Waals surface area contributed by atoms with Gasteiger partial charge in [-0.1, -0.05) is 279 Å². The Morgan fingerprint density at radius 1 is 0.266 bits per heavy atom. The number of hydrogen-bond acceptors (Lipinski definition) is 12. The summed E-state index contributed by atoms with van der Waals surface area (Å²) < 4.78 is 46.5. The Morgan fingerprint density at radius 2 is 0.460 bits per heavy atom. The zero-order valence-electron chi connectivity index (χ0n) is 82.9. The topological polar surface area (TPSA) is 223 Å². The second-order valence-electron chi connectivity index (χ2n) is 41.1. The highest BCUT2D eigenvalue weighted by atomic mass is 16.5. The van der Waals surface area contributed by atoms with Crippen molar-refractivity contribution in [3.63, 3.8) is 0 Å². The Hall–Kier alpha value is -13.1. The number of aliphatic carboxylic acids is 4. The summed E-state index contributed by atoms with van der Waals surface area (Å²) in [7, 11) is 6.75. The molecule has 12 aromatic carbocycles. The number of hydrogen-bond donors (Lipinski definition) is 4. The highest BCUT2D eigenvalue weighted by molar-refractivity contribution is 5.77. The molecule has 0 heterocycles. The molecule has 0 radical (unpaired) electrons. The van der Waals surface area contributed by atoms with Crippen LogP contribution in [0.1, 0.15) is 271 Å². The molecule has 0 spiro atoms. The van der Waals surface area contributed by atoms with E-state index in [2.05, 4.69) is 229 Å². The summed E-state index contributed by atoms with van der Waals surface area (Å²) in [6.45, 7) is 35.7. The van der Waals surface area contributed by atoms with Crippen LogP contribution in [-0.2, 0) is 92.9 Å². The average molecular weight is 1880 g/mol. The van der Waals surface area contributed by atoms with E-state index in [0.29, 0.717) is 26.4 Å². The van der Waals surface area contributed by atoms with Crippen LogP contribution in [0.15, 0.2) is 243 Å². The van der Waals surface area contributed by atoms with Crippen molar-refractivity contribution in [3.8, 4) is 90.5 Å². The van der Waals surface area contributed by atoms with Gasteiger partial charge in [0.1, 0.15) is 72.4 Å². The maximum Gasteiger partial charge on any atom is 0.306 e. The standard InChI is InChI=1S/4C30H34O4.3CH4/c4*1-19(29(31)32)25-14-11-21-10-12-24(17-27(21)25)34-18-20-9-13-26(28(15-20)30(2,3)4)22-7-6-8-23(16-22)33-5;;;/h4*6-10,12-13,15-17,19,25H,11,14,18H2,1-5H3,(H,31,32);3*1H4/t2*19-,25+;2*19-,25-;;;/m1010.../s1. The molecule has 4 aliphatic rings. The Morgan fingerprint density at radius 3 is 0.633 bits per heavy atom. The third kappa shape index (κ3) is 26.5. The van der Waals surface area contributed by atoms with Gasteiger partial charge in [0, 0.05) is 0 Å². The van der Waals surface area contributed by atoms with Gasteiger partial charge in [-0.15, -0.1) is 0 Å². The average Bonchev–Trinajstić information content (AvgIpc) is 1.63. The molecule has 736 valence electrons. The number of carbonyl (C=O) groups is 4. The summed E-state index contributed by atoms with van der Waals surface area (Å²) in [4.78, 5) is 46.1. The minimum Gasteiger partial charge on any atom is -0.497 e. The van der Waals surface area contributed by atoms with Crippen LogP contribution in [0, 0.1) is 23.7 Å². The van der Waals surface area contributed by atoms with Gasteiger partial charge in [0.2, 0.25) is 0 Å². The number of carboxylic acid groups (broad SMARTS) is 4. The van der Waals surface area contributed by atoms with E-state index >= 15 is 0 Å². The van der Waals surface area contributed by atoms with Crippen molar-refractivity contribution < 1.29 is 77.5 Å². The molecule has 16 rings (SSSR count). The van der Waals surface area contributed by atoms with Crippen LogP contribution in [0.25, 0.3) is 44.5 Å². The van der Waals surface area contributed by atoms with E-state index in [9.17, 15) is 39.6 Å². The van der Waals surface area contributed by atoms with Crippen LogP contribution in [0.5, 0.6) is 46.0 Å². The second kappa shape index (κ2) is 46.6. The lowest BCUT2D eigenvalue weighted by Crippen LogP contribution is -2.17. The molecule has 0 amide bonds. The zero-order chi connectivity index (χ0) is 97.8. The van der Waals surface area contributed by atoms with Crippen molar-refractivity contribution in [1.29, 1.82) is 0 Å². The highest BCUT2D eigenvalue weighted by Crippen LogP contribution is 2.48. The van der Waals surface area contributed by atoms with Crippen molar-refractivity contribution >= 4 is 23.9 Å². The molecule has 8 atom stereocenters. The molecule has 16 nitrogen and oxygen atoms in total. The Bertz CT molecular complexity index is 5510. The number of fused-ring (bicyclic) bond motifs is 4. The molecular weight excluding hydrogens is 1730 g/mol. The monoisotopic (exact) mass is 1880 g/mol. The minimum absolute atomic E-state index is 0. The molecule has 16 heteroatoms. The van der Waals surface area contributed by atoms with Gasteiger partial charge in [-0.05, 0) is 327 Å². The fourth-order valence-corrected chi connectivity index (χ4v) is 19.6. The lowest BCUT2D eigenvalue weighted by molar-refractivity contribution is -0.142. The first-order valence-electron chi connectivity index (χ1n) is 47.7. The van der Waals surface area contributed by atoms with Gasteiger partial charge in [-0.25, -0.2) is 0 Å². The molecule has 0 unspecified atom stereocenters. The van der Waals surface area contributed by atoms with E-state index in [0.717, 1.165) is 164 Å². The fraction of sp³-hybridized carbons (Fsp3) is 0.382. The molecule has 12 aromatic rings. The summed E-state index contributed by atoms with van der Waals surface area (Å²) in [6, 6.07) is 83.3. The van der Waals surface area contributed by atoms with Gasteiger partial charge in [0.05, 0.1) is 52.1 Å². The van der Waals surface area contributed by atoms with Gasteiger partial charge < -0.3 is 58.3 Å². The maximum atomic E-state index is 11.5. The Kier molecular flexibility index (Phi) is 36.2. The van der Waals surface area contributed by atoms with E-state index in [-0.39, 0.29) is 67.6 Å². The lowest BCUT2D eigenvalue weighted by Gasteiger charge is -2.24. The van der Waals surface area contributed by atoms with Gasteiger partial charge in [0.25, 0.3) is 0 Å². The number of methoxy groups -OCH3 is 4. The molecule has 0 aliphatic heterocycles. The van der Waals surface area contributed by atoms with Crippen LogP contribution in [-0.4, -0.2) is 72.7 Å². The van der Waals surface area contributed by atoms with E-state index < -0.39 is 47.5 Å². The third-order valence-corrected chi connectivity index (χ3v) is 27.7. The zero-order valence-corrected chi connectivity index (χ0v) is 82.9. The van der Waals surface area contributed by atoms with Crippen LogP contribution in [0.3, 0.4) is 0 Å². The molecule has 0 bridgehead atoms. The quantitative estimate of drug-likeness (QED) is 0.0358. The third-order valence-electron chi connectivity index (χ3n) is 27.7. The normalized spacial score (nSPS) is 15.7. The van der Waals surface area contributed by atoms with Gasteiger partial charge >= 0.3 is 23.9 Å². The summed E-state index contributed by atoms with van der Waals surface area (Å²) >= 11 is 0. The van der Waals surface area contributed by atoms with Gasteiger partial charge in [-0.3, -0.25) is 19.2 Å². The number of rotatable bonds is 28. The maximum absolute atomic E-state index is 11.5. The summed E-state index contributed by atoms with van der Waals surface area (Å²) in [6.07, 6.45) is 7.24. The number of aryl methyl sites for hydroxylation is 4. The molecule has 0 fully saturated rings. The van der Waals surface area contributed by atoms with E-state index in [1.807, 2.05) is 97.1 Å². The SMILES string of the molecule is C.C.C.COc1cccc(-c2ccc(COc3ccc4c(c3)[C@@H]([C@@H](C)C(=O)O)CC4)cc2C(C)(C)C)c1.COc1cccc(-c2ccc(COc3ccc4c(c3)[C@@H]([C@H](C)C(=O)O)CC4)cc2C(C)(C)C)c1.COc1cccc(-c2ccc(COc3ccc4c(c3)[C@H]([C@@H](C)C(=O)O)CC4)cc2C(C)(C)C)c1.COc1cccc(-c2ccc(COc3ccc4c(c3)[C@H]([C@H](C)C(=O)O)CC4)cc2C(C)(C)C)c1. The number of benzene rings is 12. The Balaban J connectivity index is 0.000000190. The van der Waals surface area contributed by atoms with Gasteiger partial charge in [0.15, 0.2) is 0 Å². The molecule has 0 saturated carbocycles. The molecule has 4 aliphatic carbocycles. The highest BCUT2D eigenvalue weighted by Gasteiger charge is 2.37. The van der Waals surface area contributed by atoms with Crippen molar-refractivity contribution in [2.45, 2.75) is 256 Å². The summed E-state index contributed by atoms with van der Waals surface area (Å²) in [5.41, 5.74) is 28.0. The Labute approximate surface area is 826 Å². The van der Waals surface area contributed by atoms with Crippen molar-refractivity contribution in [2.24, 2.45) is 23.7 Å². The minimum atomic E-state index is -0.741. The van der Waals surface area contributed by atoms with Crippen LogP contribution in [0.4, 0.5) is 0 Å². The first-order valence-corrected chi connectivity index (χ1v) is 47.7. The largest absolute Gasteiger partial charge is 0.497 e. The summed E-state index contributed by atoms with van der Waals surface area (Å²) in [5, 5.41) is 37.9. The van der Waals surface area contributed by atoms with Crippen LogP contribution >= 0.6 is 0 Å².